The Labute approximate surface area is 74.8 Å². The van der Waals surface area contributed by atoms with Gasteiger partial charge in [0.25, 0.3) is 0 Å². The van der Waals surface area contributed by atoms with E-state index in [1.165, 1.54) is 0 Å². The van der Waals surface area contributed by atoms with Crippen molar-refractivity contribution in [3.8, 4) is 0 Å². The molecule has 1 unspecified atom stereocenters. The van der Waals surface area contributed by atoms with Crippen LogP contribution in [0.1, 0.15) is 0 Å². The molecule has 2 aliphatic rings. The first kappa shape index (κ1) is 8.07. The second-order valence-corrected chi connectivity index (χ2v) is 3.83. The molecule has 5 heteroatoms. The number of rotatable bonds is 1. The van der Waals surface area contributed by atoms with E-state index in [0.717, 1.165) is 18.1 Å². The van der Waals surface area contributed by atoms with Gasteiger partial charge in [0.1, 0.15) is 18.5 Å². The van der Waals surface area contributed by atoms with Crippen LogP contribution in [0, 0.1) is 0 Å². The maximum atomic E-state index is 10.8. The number of nitrogens with one attached hydrogen (secondary N) is 1. The minimum atomic E-state index is -0.0239. The lowest BCUT2D eigenvalue weighted by Crippen LogP contribution is -2.39. The third-order valence-corrected chi connectivity index (χ3v) is 2.78. The molecule has 4 nitrogen and oxygen atoms in total. The van der Waals surface area contributed by atoms with Crippen molar-refractivity contribution in [1.82, 2.24) is 5.32 Å². The number of amides is 1. The summed E-state index contributed by atoms with van der Waals surface area (Å²) in [5, 5.41) is 2.70. The van der Waals surface area contributed by atoms with Gasteiger partial charge in [-0.2, -0.15) is 11.8 Å². The Kier molecular flexibility index (Phi) is 2.32. The summed E-state index contributed by atoms with van der Waals surface area (Å²) in [4.78, 5) is 14.9. The van der Waals surface area contributed by atoms with Crippen LogP contribution in [-0.2, 0) is 9.53 Å². The van der Waals surface area contributed by atoms with Crippen molar-refractivity contribution in [2.45, 2.75) is 6.10 Å². The first-order chi connectivity index (χ1) is 5.86. The van der Waals surface area contributed by atoms with Crippen LogP contribution in [0.25, 0.3) is 0 Å². The molecule has 0 aliphatic carbocycles. The smallest absolute Gasteiger partial charge is 0.247 e. The van der Waals surface area contributed by atoms with Crippen LogP contribution in [0.5, 0.6) is 0 Å². The molecule has 2 heterocycles. The highest BCUT2D eigenvalue weighted by Crippen LogP contribution is 2.14. The zero-order valence-corrected chi connectivity index (χ0v) is 7.39. The first-order valence-electron chi connectivity index (χ1n) is 3.90. The van der Waals surface area contributed by atoms with Gasteiger partial charge in [-0.05, 0) is 0 Å². The number of carbonyl (C=O) groups is 1. The maximum Gasteiger partial charge on any atom is 0.247 e. The van der Waals surface area contributed by atoms with E-state index >= 15 is 0 Å². The topological polar surface area (TPSA) is 50.7 Å². The van der Waals surface area contributed by atoms with Crippen molar-refractivity contribution in [2.24, 2.45) is 4.99 Å². The number of carbonyl (C=O) groups excluding carboxylic acids is 1. The van der Waals surface area contributed by atoms with Crippen LogP contribution in [0.2, 0.25) is 0 Å². The lowest BCUT2D eigenvalue weighted by atomic mass is 10.3. The summed E-state index contributed by atoms with van der Waals surface area (Å²) in [5.41, 5.74) is 0. The first-order valence-corrected chi connectivity index (χ1v) is 5.05. The highest BCUT2D eigenvalue weighted by molar-refractivity contribution is 7.99. The molecule has 0 aromatic rings. The fourth-order valence-corrected chi connectivity index (χ4v) is 2.06. The molecule has 0 aromatic heterocycles. The predicted octanol–water partition coefficient (Wildman–Crippen LogP) is -0.353. The zero-order valence-electron chi connectivity index (χ0n) is 6.58. The van der Waals surface area contributed by atoms with Gasteiger partial charge in [0.05, 0.1) is 6.61 Å². The summed E-state index contributed by atoms with van der Waals surface area (Å²) in [7, 11) is 0. The molecule has 0 aromatic carbocycles. The molecule has 0 radical (unpaired) electrons. The fraction of sp³-hybridized carbons (Fsp3) is 0.714. The molecule has 2 aliphatic heterocycles. The van der Waals surface area contributed by atoms with Crippen molar-refractivity contribution in [2.75, 3.05) is 24.7 Å². The second kappa shape index (κ2) is 3.45. The fourth-order valence-electron chi connectivity index (χ4n) is 1.21. The van der Waals surface area contributed by atoms with Crippen LogP contribution >= 0.6 is 11.8 Å². The third-order valence-electron chi connectivity index (χ3n) is 1.78. The Morgan fingerprint density at radius 2 is 2.58 bits per heavy atom. The number of ether oxygens (including phenoxy) is 1. The van der Waals surface area contributed by atoms with Crippen molar-refractivity contribution >= 4 is 23.5 Å². The molecule has 1 saturated heterocycles. The minimum absolute atomic E-state index is 0.00944. The Balaban J connectivity index is 1.95. The van der Waals surface area contributed by atoms with Gasteiger partial charge in [0, 0.05) is 11.5 Å². The standard InChI is InChI=1S/C7H10N2O2S/c10-6-3-8-7(9-6)5-4-12-2-1-11-5/h5H,1-4H2,(H,8,9,10). The number of nitrogens with zero attached hydrogens (tertiary/aromatic N) is 1. The molecular formula is C7H10N2O2S. The summed E-state index contributed by atoms with van der Waals surface area (Å²) < 4.78 is 5.44. The SMILES string of the molecule is O=C1CN=C(C2CSCCO2)N1. The quantitative estimate of drug-likeness (QED) is 0.609. The molecule has 0 saturated carbocycles. The van der Waals surface area contributed by atoms with Gasteiger partial charge in [-0.25, -0.2) is 0 Å². The molecule has 0 bridgehead atoms. The summed E-state index contributed by atoms with van der Waals surface area (Å²) >= 11 is 1.83. The van der Waals surface area contributed by atoms with Gasteiger partial charge < -0.3 is 10.1 Å². The molecule has 1 N–H and O–H groups in total. The average Bonchev–Trinajstić information content (AvgIpc) is 2.54. The van der Waals surface area contributed by atoms with E-state index in [-0.39, 0.29) is 18.6 Å². The minimum Gasteiger partial charge on any atom is -0.369 e. The van der Waals surface area contributed by atoms with Crippen LogP contribution in [0.4, 0.5) is 0 Å². The van der Waals surface area contributed by atoms with Crippen LogP contribution in [-0.4, -0.2) is 42.5 Å². The lowest BCUT2D eigenvalue weighted by molar-refractivity contribution is -0.117. The molecule has 12 heavy (non-hydrogen) atoms. The highest BCUT2D eigenvalue weighted by Gasteiger charge is 2.25. The Morgan fingerprint density at radius 1 is 1.67 bits per heavy atom. The summed E-state index contributed by atoms with van der Waals surface area (Å²) in [6, 6.07) is 0. The van der Waals surface area contributed by atoms with Gasteiger partial charge in [0.15, 0.2) is 0 Å². The summed E-state index contributed by atoms with van der Waals surface area (Å²) in [6.45, 7) is 1.02. The number of aliphatic imine (C=N–C) groups is 1. The van der Waals surface area contributed by atoms with E-state index in [2.05, 4.69) is 10.3 Å². The van der Waals surface area contributed by atoms with Gasteiger partial charge >= 0.3 is 0 Å². The summed E-state index contributed by atoms with van der Waals surface area (Å²) in [5.74, 6) is 2.63. The number of hydrogen-bond donors (Lipinski definition) is 1. The van der Waals surface area contributed by atoms with Crippen LogP contribution in [0.3, 0.4) is 0 Å². The van der Waals surface area contributed by atoms with E-state index in [4.69, 9.17) is 4.74 Å². The number of thioether (sulfide) groups is 1. The van der Waals surface area contributed by atoms with Gasteiger partial charge in [-0.15, -0.1) is 0 Å². The normalized spacial score (nSPS) is 29.8. The molecule has 2 rings (SSSR count). The molecule has 1 fully saturated rings. The third kappa shape index (κ3) is 1.61. The predicted molar refractivity (Wildman–Crippen MR) is 47.5 cm³/mol. The van der Waals surface area contributed by atoms with Gasteiger partial charge in [-0.1, -0.05) is 0 Å². The average molecular weight is 186 g/mol. The Hall–Kier alpha value is -0.550. The maximum absolute atomic E-state index is 10.8. The molecule has 1 atom stereocenters. The van der Waals surface area contributed by atoms with Crippen LogP contribution < -0.4 is 5.32 Å². The molecular weight excluding hydrogens is 176 g/mol. The Bertz CT molecular complexity index is 223. The molecule has 66 valence electrons. The van der Waals surface area contributed by atoms with Crippen molar-refractivity contribution < 1.29 is 9.53 Å². The molecule has 0 spiro atoms. The van der Waals surface area contributed by atoms with E-state index in [1.54, 1.807) is 0 Å². The van der Waals surface area contributed by atoms with Crippen molar-refractivity contribution in [3.63, 3.8) is 0 Å². The van der Waals surface area contributed by atoms with Gasteiger partial charge in [-0.3, -0.25) is 9.79 Å². The van der Waals surface area contributed by atoms with E-state index in [9.17, 15) is 4.79 Å². The monoisotopic (exact) mass is 186 g/mol. The van der Waals surface area contributed by atoms with E-state index in [0.29, 0.717) is 5.84 Å². The number of amidine groups is 1. The van der Waals surface area contributed by atoms with Crippen LogP contribution in [0.15, 0.2) is 4.99 Å². The largest absolute Gasteiger partial charge is 0.369 e. The highest BCUT2D eigenvalue weighted by atomic mass is 32.2. The Morgan fingerprint density at radius 3 is 3.17 bits per heavy atom. The zero-order chi connectivity index (χ0) is 8.39. The van der Waals surface area contributed by atoms with Gasteiger partial charge in [0.2, 0.25) is 5.91 Å². The summed E-state index contributed by atoms with van der Waals surface area (Å²) in [6.07, 6.45) is 0.00944. The second-order valence-electron chi connectivity index (χ2n) is 2.68. The van der Waals surface area contributed by atoms with E-state index < -0.39 is 0 Å². The molecule has 1 amide bonds. The van der Waals surface area contributed by atoms with E-state index in [1.807, 2.05) is 11.8 Å². The van der Waals surface area contributed by atoms with Crippen molar-refractivity contribution in [3.05, 3.63) is 0 Å². The van der Waals surface area contributed by atoms with Crippen molar-refractivity contribution in [1.29, 1.82) is 0 Å². The lowest BCUT2D eigenvalue weighted by Gasteiger charge is -2.21. The number of hydrogen-bond acceptors (Lipinski definition) is 4.